The van der Waals surface area contributed by atoms with E-state index in [1.807, 2.05) is 0 Å². The van der Waals surface area contributed by atoms with E-state index in [0.717, 1.165) is 0 Å². The van der Waals surface area contributed by atoms with Gasteiger partial charge in [-0.15, -0.1) is 0 Å². The summed E-state index contributed by atoms with van der Waals surface area (Å²) in [6.45, 7) is 0. The lowest BCUT2D eigenvalue weighted by molar-refractivity contribution is -0.115. The van der Waals surface area contributed by atoms with Crippen LogP contribution in [0.3, 0.4) is 0 Å². The molecule has 92 valence electrons. The quantitative estimate of drug-likeness (QED) is 0.685. The van der Waals surface area contributed by atoms with Gasteiger partial charge in [0, 0.05) is 6.08 Å². The number of benzene rings is 1. The zero-order chi connectivity index (χ0) is 13.5. The van der Waals surface area contributed by atoms with Crippen LogP contribution >= 0.6 is 23.2 Å². The van der Waals surface area contributed by atoms with Crippen LogP contribution < -0.4 is 5.32 Å². The molecule has 0 aliphatic rings. The van der Waals surface area contributed by atoms with Crippen molar-refractivity contribution < 1.29 is 9.18 Å². The highest BCUT2D eigenvalue weighted by Gasteiger charge is 2.04. The molecule has 0 heterocycles. The largest absolute Gasteiger partial charge is 0.312 e. The van der Waals surface area contributed by atoms with Crippen LogP contribution in [0.5, 0.6) is 0 Å². The number of nitrogens with zero attached hydrogens (tertiary/aromatic N) is 1. The van der Waals surface area contributed by atoms with E-state index in [4.69, 9.17) is 28.5 Å². The third kappa shape index (κ3) is 4.58. The van der Waals surface area contributed by atoms with Crippen LogP contribution in [0.15, 0.2) is 40.5 Å². The fourth-order valence-electron chi connectivity index (χ4n) is 1.03. The van der Waals surface area contributed by atoms with E-state index in [-0.39, 0.29) is 16.0 Å². The molecule has 1 amide bonds. The van der Waals surface area contributed by atoms with Gasteiger partial charge in [0.25, 0.3) is 0 Å². The molecule has 0 saturated carbocycles. The molecule has 1 N–H and O–H groups in total. The molecule has 0 fully saturated rings. The van der Waals surface area contributed by atoms with Crippen molar-refractivity contribution in [3.8, 4) is 6.07 Å². The summed E-state index contributed by atoms with van der Waals surface area (Å²) in [6, 6.07) is 7.20. The topological polar surface area (TPSA) is 52.9 Å². The second-order valence-electron chi connectivity index (χ2n) is 3.12. The van der Waals surface area contributed by atoms with Gasteiger partial charge in [0.15, 0.2) is 5.70 Å². The van der Waals surface area contributed by atoms with Crippen LogP contribution in [0.4, 0.5) is 4.39 Å². The first-order chi connectivity index (χ1) is 8.52. The Kier molecular flexibility index (Phi) is 5.37. The molecule has 0 aromatic heterocycles. The maximum Gasteiger partial charge on any atom is 0.248 e. The van der Waals surface area contributed by atoms with Crippen molar-refractivity contribution in [2.24, 2.45) is 0 Å². The molecular formula is C12H7Cl2FN2O. The monoisotopic (exact) mass is 284 g/mol. The first kappa shape index (κ1) is 14.2. The average molecular weight is 285 g/mol. The molecule has 0 unspecified atom stereocenters. The van der Waals surface area contributed by atoms with E-state index >= 15 is 0 Å². The summed E-state index contributed by atoms with van der Waals surface area (Å²) in [5.74, 6) is -0.921. The van der Waals surface area contributed by atoms with Crippen LogP contribution in [0.25, 0.3) is 6.08 Å². The Morgan fingerprint density at radius 1 is 1.33 bits per heavy atom. The highest BCUT2D eigenvalue weighted by atomic mass is 35.5. The van der Waals surface area contributed by atoms with Crippen LogP contribution in [0.2, 0.25) is 0 Å². The smallest absolute Gasteiger partial charge is 0.248 e. The lowest BCUT2D eigenvalue weighted by Gasteiger charge is -1.98. The minimum atomic E-state index is -0.560. The maximum absolute atomic E-state index is 12.6. The van der Waals surface area contributed by atoms with E-state index < -0.39 is 5.91 Å². The third-order valence-corrected chi connectivity index (χ3v) is 2.22. The summed E-state index contributed by atoms with van der Waals surface area (Å²) in [5, 5.41) is 10.8. The lowest BCUT2D eigenvalue weighted by atomic mass is 10.2. The fourth-order valence-corrected chi connectivity index (χ4v) is 1.21. The summed E-state index contributed by atoms with van der Waals surface area (Å²) in [7, 11) is 0. The zero-order valence-electron chi connectivity index (χ0n) is 8.95. The average Bonchev–Trinajstić information content (AvgIpc) is 2.35. The number of amides is 1. The number of rotatable bonds is 3. The maximum atomic E-state index is 12.6. The van der Waals surface area contributed by atoms with E-state index in [9.17, 15) is 9.18 Å². The first-order valence-electron chi connectivity index (χ1n) is 4.73. The minimum Gasteiger partial charge on any atom is -0.312 e. The molecular weight excluding hydrogens is 278 g/mol. The number of nitrogens with one attached hydrogen (secondary N) is 1. The second-order valence-corrected chi connectivity index (χ2v) is 4.07. The van der Waals surface area contributed by atoms with Crippen molar-refractivity contribution in [3.05, 3.63) is 51.9 Å². The third-order valence-electron chi connectivity index (χ3n) is 1.85. The van der Waals surface area contributed by atoms with Gasteiger partial charge in [-0.3, -0.25) is 4.79 Å². The molecule has 1 rings (SSSR count). The Balaban J connectivity index is 2.69. The van der Waals surface area contributed by atoms with Gasteiger partial charge < -0.3 is 5.32 Å². The molecule has 0 aliphatic carbocycles. The van der Waals surface area contributed by atoms with Crippen molar-refractivity contribution in [1.29, 1.82) is 5.26 Å². The molecule has 0 spiro atoms. The SMILES string of the molecule is N#CC(NC(=O)/C=C/c1ccc(F)cc1)=C(Cl)Cl. The van der Waals surface area contributed by atoms with Gasteiger partial charge in [-0.05, 0) is 23.8 Å². The summed E-state index contributed by atoms with van der Waals surface area (Å²) >= 11 is 10.7. The molecule has 1 aromatic rings. The van der Waals surface area contributed by atoms with Crippen LogP contribution in [-0.4, -0.2) is 5.91 Å². The van der Waals surface area contributed by atoms with E-state index in [2.05, 4.69) is 5.32 Å². The van der Waals surface area contributed by atoms with Gasteiger partial charge in [0.2, 0.25) is 5.91 Å². The Labute approximate surface area is 113 Å². The van der Waals surface area contributed by atoms with Crippen LogP contribution in [-0.2, 0) is 4.79 Å². The highest BCUT2D eigenvalue weighted by molar-refractivity contribution is 6.56. The van der Waals surface area contributed by atoms with Crippen molar-refractivity contribution in [2.45, 2.75) is 0 Å². The zero-order valence-corrected chi connectivity index (χ0v) is 10.5. The van der Waals surface area contributed by atoms with Gasteiger partial charge in [0.1, 0.15) is 16.4 Å². The fraction of sp³-hybridized carbons (Fsp3) is 0. The standard InChI is InChI=1S/C12H7Cl2FN2O/c13-12(14)10(7-16)17-11(18)6-3-8-1-4-9(15)5-2-8/h1-6H,(H,17,18)/b6-3+. The van der Waals surface area contributed by atoms with E-state index in [1.54, 1.807) is 6.07 Å². The molecule has 0 bridgehead atoms. The van der Waals surface area contributed by atoms with Gasteiger partial charge in [-0.25, -0.2) is 4.39 Å². The molecule has 6 heteroatoms. The molecule has 0 radical (unpaired) electrons. The number of hydrogen-bond donors (Lipinski definition) is 1. The van der Waals surface area contributed by atoms with Gasteiger partial charge in [0.05, 0.1) is 0 Å². The van der Waals surface area contributed by atoms with E-state index in [1.165, 1.54) is 36.4 Å². The Bertz CT molecular complexity index is 540. The summed E-state index contributed by atoms with van der Waals surface area (Å²) in [6.07, 6.45) is 2.65. The van der Waals surface area contributed by atoms with Gasteiger partial charge in [-0.1, -0.05) is 35.3 Å². The number of hydrogen-bond acceptors (Lipinski definition) is 2. The molecule has 18 heavy (non-hydrogen) atoms. The van der Waals surface area contributed by atoms with Crippen molar-refractivity contribution >= 4 is 35.2 Å². The van der Waals surface area contributed by atoms with Gasteiger partial charge >= 0.3 is 0 Å². The highest BCUT2D eigenvalue weighted by Crippen LogP contribution is 2.11. The van der Waals surface area contributed by atoms with Crippen LogP contribution in [0.1, 0.15) is 5.56 Å². The Morgan fingerprint density at radius 3 is 2.44 bits per heavy atom. The number of allylic oxidation sites excluding steroid dienone is 1. The molecule has 1 aromatic carbocycles. The number of carbonyl (C=O) groups excluding carboxylic acids is 1. The number of carbonyl (C=O) groups is 1. The van der Waals surface area contributed by atoms with Crippen molar-refractivity contribution in [1.82, 2.24) is 5.32 Å². The van der Waals surface area contributed by atoms with Gasteiger partial charge in [-0.2, -0.15) is 5.26 Å². The normalized spacial score (nSPS) is 9.89. The lowest BCUT2D eigenvalue weighted by Crippen LogP contribution is -2.19. The second kappa shape index (κ2) is 6.80. The molecule has 0 saturated heterocycles. The number of halogens is 3. The molecule has 3 nitrogen and oxygen atoms in total. The first-order valence-corrected chi connectivity index (χ1v) is 5.48. The summed E-state index contributed by atoms with van der Waals surface area (Å²) < 4.78 is 12.3. The van der Waals surface area contributed by atoms with Crippen molar-refractivity contribution in [3.63, 3.8) is 0 Å². The molecule has 0 aliphatic heterocycles. The summed E-state index contributed by atoms with van der Waals surface area (Å²) in [5.41, 5.74) is 0.415. The molecule has 0 atom stereocenters. The van der Waals surface area contributed by atoms with E-state index in [0.29, 0.717) is 5.56 Å². The predicted octanol–water partition coefficient (Wildman–Crippen LogP) is 3.13. The summed E-state index contributed by atoms with van der Waals surface area (Å²) in [4.78, 5) is 11.4. The predicted molar refractivity (Wildman–Crippen MR) is 67.9 cm³/mol. The number of nitriles is 1. The Hall–Kier alpha value is -1.83. The van der Waals surface area contributed by atoms with Crippen LogP contribution in [0, 0.1) is 17.1 Å². The van der Waals surface area contributed by atoms with Crippen molar-refractivity contribution in [2.75, 3.05) is 0 Å². The minimum absolute atomic E-state index is 0.230. The Morgan fingerprint density at radius 2 is 1.94 bits per heavy atom.